The zero-order chi connectivity index (χ0) is 11.5. The lowest BCUT2D eigenvalue weighted by molar-refractivity contribution is -0.130. The van der Waals surface area contributed by atoms with Crippen LogP contribution in [0.5, 0.6) is 5.75 Å². The summed E-state index contributed by atoms with van der Waals surface area (Å²) in [4.78, 5) is 12.9. The van der Waals surface area contributed by atoms with E-state index in [1.165, 1.54) is 6.07 Å². The van der Waals surface area contributed by atoms with Crippen molar-refractivity contribution in [2.75, 3.05) is 13.3 Å². The first-order chi connectivity index (χ1) is 7.66. The molecule has 0 radical (unpaired) electrons. The number of aryl methyl sites for hydroxylation is 1. The van der Waals surface area contributed by atoms with E-state index >= 15 is 0 Å². The Balaban J connectivity index is 1.98. The average molecular weight is 223 g/mol. The quantitative estimate of drug-likeness (QED) is 0.785. The standard InChI is InChI=1S/C12H14FNO2/c1-9-4-5-10(13)11(7-9)16-8-14-6-2-3-12(14)15/h4-5,7H,2-3,6,8H2,1H3. The third kappa shape index (κ3) is 2.32. The lowest BCUT2D eigenvalue weighted by Gasteiger charge is -2.16. The predicted octanol–water partition coefficient (Wildman–Crippen LogP) is 2.09. The van der Waals surface area contributed by atoms with Crippen molar-refractivity contribution in [2.24, 2.45) is 0 Å². The van der Waals surface area contributed by atoms with Gasteiger partial charge in [0, 0.05) is 13.0 Å². The molecule has 3 nitrogen and oxygen atoms in total. The van der Waals surface area contributed by atoms with E-state index < -0.39 is 5.82 Å². The van der Waals surface area contributed by atoms with Crippen LogP contribution in [0.3, 0.4) is 0 Å². The summed E-state index contributed by atoms with van der Waals surface area (Å²) >= 11 is 0. The monoisotopic (exact) mass is 223 g/mol. The molecule has 86 valence electrons. The molecule has 4 heteroatoms. The number of ether oxygens (including phenoxy) is 1. The highest BCUT2D eigenvalue weighted by molar-refractivity contribution is 5.77. The van der Waals surface area contributed by atoms with Gasteiger partial charge >= 0.3 is 0 Å². The molecule has 16 heavy (non-hydrogen) atoms. The Hall–Kier alpha value is -1.58. The maximum Gasteiger partial charge on any atom is 0.225 e. The highest BCUT2D eigenvalue weighted by atomic mass is 19.1. The van der Waals surface area contributed by atoms with Crippen LogP contribution in [0, 0.1) is 12.7 Å². The number of likely N-dealkylation sites (tertiary alicyclic amines) is 1. The van der Waals surface area contributed by atoms with Crippen LogP contribution in [0.15, 0.2) is 18.2 Å². The highest BCUT2D eigenvalue weighted by Gasteiger charge is 2.20. The Morgan fingerprint density at radius 3 is 3.00 bits per heavy atom. The molecule has 0 saturated carbocycles. The third-order valence-electron chi connectivity index (χ3n) is 2.63. The minimum atomic E-state index is -0.391. The summed E-state index contributed by atoms with van der Waals surface area (Å²) in [6, 6.07) is 4.69. The molecule has 1 aromatic carbocycles. The fourth-order valence-corrected chi connectivity index (χ4v) is 1.71. The van der Waals surface area contributed by atoms with Crippen LogP contribution in [0.2, 0.25) is 0 Å². The molecular weight excluding hydrogens is 209 g/mol. The fraction of sp³-hybridized carbons (Fsp3) is 0.417. The summed E-state index contributed by atoms with van der Waals surface area (Å²) in [6.07, 6.45) is 1.43. The Morgan fingerprint density at radius 2 is 2.31 bits per heavy atom. The second kappa shape index (κ2) is 4.51. The Morgan fingerprint density at radius 1 is 1.50 bits per heavy atom. The lowest BCUT2D eigenvalue weighted by atomic mass is 10.2. The first kappa shape index (κ1) is 10.9. The summed E-state index contributed by atoms with van der Waals surface area (Å²) in [5.41, 5.74) is 0.934. The topological polar surface area (TPSA) is 29.5 Å². The summed E-state index contributed by atoms with van der Waals surface area (Å²) in [5.74, 6) is -0.106. The minimum absolute atomic E-state index is 0.0769. The summed E-state index contributed by atoms with van der Waals surface area (Å²) in [5, 5.41) is 0. The van der Waals surface area contributed by atoms with Crippen LogP contribution in [0.1, 0.15) is 18.4 Å². The average Bonchev–Trinajstić information content (AvgIpc) is 2.66. The van der Waals surface area contributed by atoms with Gasteiger partial charge in [-0.3, -0.25) is 4.79 Å². The molecule has 0 N–H and O–H groups in total. The van der Waals surface area contributed by atoms with Crippen molar-refractivity contribution >= 4 is 5.91 Å². The van der Waals surface area contributed by atoms with Crippen LogP contribution in [0.4, 0.5) is 4.39 Å². The minimum Gasteiger partial charge on any atom is -0.470 e. The summed E-state index contributed by atoms with van der Waals surface area (Å²) < 4.78 is 18.6. The number of amides is 1. The zero-order valence-electron chi connectivity index (χ0n) is 9.20. The van der Waals surface area contributed by atoms with Gasteiger partial charge in [-0.05, 0) is 31.0 Å². The number of rotatable bonds is 3. The van der Waals surface area contributed by atoms with E-state index in [1.54, 1.807) is 17.0 Å². The van der Waals surface area contributed by atoms with Gasteiger partial charge in [0.15, 0.2) is 18.3 Å². The fourth-order valence-electron chi connectivity index (χ4n) is 1.71. The molecule has 0 aromatic heterocycles. The molecule has 1 saturated heterocycles. The van der Waals surface area contributed by atoms with Crippen molar-refractivity contribution < 1.29 is 13.9 Å². The second-order valence-corrected chi connectivity index (χ2v) is 3.97. The van der Waals surface area contributed by atoms with E-state index in [9.17, 15) is 9.18 Å². The van der Waals surface area contributed by atoms with Gasteiger partial charge in [-0.15, -0.1) is 0 Å². The van der Waals surface area contributed by atoms with E-state index in [-0.39, 0.29) is 18.4 Å². The number of benzene rings is 1. The largest absolute Gasteiger partial charge is 0.470 e. The van der Waals surface area contributed by atoms with E-state index in [0.29, 0.717) is 13.0 Å². The van der Waals surface area contributed by atoms with Gasteiger partial charge in [0.05, 0.1) is 0 Å². The van der Waals surface area contributed by atoms with Crippen LogP contribution >= 0.6 is 0 Å². The molecule has 1 aliphatic heterocycles. The van der Waals surface area contributed by atoms with Crippen LogP contribution < -0.4 is 4.74 Å². The molecule has 2 rings (SSSR count). The van der Waals surface area contributed by atoms with Crippen molar-refractivity contribution in [1.82, 2.24) is 4.90 Å². The molecule has 1 amide bonds. The summed E-state index contributed by atoms with van der Waals surface area (Å²) in [6.45, 7) is 2.71. The third-order valence-corrected chi connectivity index (χ3v) is 2.63. The van der Waals surface area contributed by atoms with Gasteiger partial charge < -0.3 is 9.64 Å². The van der Waals surface area contributed by atoms with E-state index in [0.717, 1.165) is 12.0 Å². The number of carbonyl (C=O) groups is 1. The zero-order valence-corrected chi connectivity index (χ0v) is 9.20. The van der Waals surface area contributed by atoms with E-state index in [4.69, 9.17) is 4.74 Å². The molecule has 1 heterocycles. The molecule has 1 aliphatic rings. The SMILES string of the molecule is Cc1ccc(F)c(OCN2CCCC2=O)c1. The Kier molecular flexibility index (Phi) is 3.08. The maximum atomic E-state index is 13.3. The van der Waals surface area contributed by atoms with Crippen LogP contribution in [-0.4, -0.2) is 24.1 Å². The number of halogens is 1. The van der Waals surface area contributed by atoms with Gasteiger partial charge in [-0.1, -0.05) is 6.07 Å². The van der Waals surface area contributed by atoms with Gasteiger partial charge in [-0.25, -0.2) is 4.39 Å². The normalized spacial score (nSPS) is 15.6. The number of nitrogens with zero attached hydrogens (tertiary/aromatic N) is 1. The molecule has 1 fully saturated rings. The number of hydrogen-bond donors (Lipinski definition) is 0. The number of hydrogen-bond acceptors (Lipinski definition) is 2. The van der Waals surface area contributed by atoms with Gasteiger partial charge in [0.25, 0.3) is 0 Å². The molecular formula is C12H14FNO2. The molecule has 0 atom stereocenters. The first-order valence-corrected chi connectivity index (χ1v) is 5.33. The highest BCUT2D eigenvalue weighted by Crippen LogP contribution is 2.19. The molecule has 1 aromatic rings. The first-order valence-electron chi connectivity index (χ1n) is 5.33. The molecule has 0 unspecified atom stereocenters. The van der Waals surface area contributed by atoms with Gasteiger partial charge in [-0.2, -0.15) is 0 Å². The van der Waals surface area contributed by atoms with Crippen molar-refractivity contribution in [3.05, 3.63) is 29.6 Å². The number of carbonyl (C=O) groups excluding carboxylic acids is 1. The maximum absolute atomic E-state index is 13.3. The smallest absolute Gasteiger partial charge is 0.225 e. The summed E-state index contributed by atoms with van der Waals surface area (Å²) in [7, 11) is 0. The van der Waals surface area contributed by atoms with Crippen LogP contribution in [0.25, 0.3) is 0 Å². The second-order valence-electron chi connectivity index (χ2n) is 3.97. The Labute approximate surface area is 93.8 Å². The molecule has 0 bridgehead atoms. The van der Waals surface area contributed by atoms with Gasteiger partial charge in [0.1, 0.15) is 0 Å². The predicted molar refractivity (Wildman–Crippen MR) is 57.6 cm³/mol. The van der Waals surface area contributed by atoms with Crippen molar-refractivity contribution in [2.45, 2.75) is 19.8 Å². The lowest BCUT2D eigenvalue weighted by Crippen LogP contribution is -2.29. The molecule has 0 aliphatic carbocycles. The van der Waals surface area contributed by atoms with Gasteiger partial charge in [0.2, 0.25) is 5.91 Å². The van der Waals surface area contributed by atoms with E-state index in [2.05, 4.69) is 0 Å². The molecule has 0 spiro atoms. The van der Waals surface area contributed by atoms with Crippen molar-refractivity contribution in [1.29, 1.82) is 0 Å². The Bertz CT molecular complexity index is 406. The van der Waals surface area contributed by atoms with Crippen molar-refractivity contribution in [3.63, 3.8) is 0 Å². The van der Waals surface area contributed by atoms with Crippen molar-refractivity contribution in [3.8, 4) is 5.75 Å². The van der Waals surface area contributed by atoms with Crippen LogP contribution in [-0.2, 0) is 4.79 Å². The van der Waals surface area contributed by atoms with E-state index in [1.807, 2.05) is 6.92 Å².